The highest BCUT2D eigenvalue weighted by Gasteiger charge is 2.33. The molecule has 0 aromatic carbocycles. The van der Waals surface area contributed by atoms with Crippen LogP contribution in [0.1, 0.15) is 13.3 Å². The van der Waals surface area contributed by atoms with Crippen molar-refractivity contribution in [2.45, 2.75) is 19.4 Å². The zero-order valence-electron chi connectivity index (χ0n) is 7.70. The second-order valence-corrected chi connectivity index (χ2v) is 3.16. The van der Waals surface area contributed by atoms with Crippen LogP contribution >= 0.6 is 0 Å². The van der Waals surface area contributed by atoms with Gasteiger partial charge < -0.3 is 9.80 Å². The molecule has 1 aliphatic rings. The van der Waals surface area contributed by atoms with E-state index in [4.69, 9.17) is 0 Å². The van der Waals surface area contributed by atoms with Gasteiger partial charge in [0.15, 0.2) is 0 Å². The smallest absolute Gasteiger partial charge is 0.312 e. The molecule has 0 unspecified atom stereocenters. The molecule has 0 radical (unpaired) electrons. The quantitative estimate of drug-likeness (QED) is 0.507. The lowest BCUT2D eigenvalue weighted by atomic mass is 10.1. The van der Waals surface area contributed by atoms with Crippen LogP contribution in [0, 0.1) is 0 Å². The van der Waals surface area contributed by atoms with E-state index in [1.165, 1.54) is 9.80 Å². The molecule has 1 fully saturated rings. The first-order chi connectivity index (χ1) is 5.57. The van der Waals surface area contributed by atoms with Crippen molar-refractivity contribution in [1.29, 1.82) is 0 Å². The number of carbonyl (C=O) groups excluding carboxylic acids is 2. The fourth-order valence-corrected chi connectivity index (χ4v) is 1.40. The number of nitrogens with zero attached hydrogens (tertiary/aromatic N) is 2. The van der Waals surface area contributed by atoms with Gasteiger partial charge in [0, 0.05) is 26.7 Å². The fourth-order valence-electron chi connectivity index (χ4n) is 1.40. The summed E-state index contributed by atoms with van der Waals surface area (Å²) in [5.41, 5.74) is 0. The normalized spacial score (nSPS) is 25.1. The molecule has 0 aromatic rings. The highest BCUT2D eigenvalue weighted by atomic mass is 16.2. The summed E-state index contributed by atoms with van der Waals surface area (Å²) in [5.74, 6) is -0.794. The molecule has 1 heterocycles. The molecular weight excluding hydrogens is 156 g/mol. The zero-order chi connectivity index (χ0) is 9.30. The van der Waals surface area contributed by atoms with Gasteiger partial charge in [-0.15, -0.1) is 0 Å². The molecule has 0 aromatic heterocycles. The van der Waals surface area contributed by atoms with E-state index in [1.807, 2.05) is 6.92 Å². The lowest BCUT2D eigenvalue weighted by molar-refractivity contribution is -0.156. The molecule has 0 spiro atoms. The van der Waals surface area contributed by atoms with Gasteiger partial charge in [0.25, 0.3) is 0 Å². The number of carbonyl (C=O) groups is 2. The summed E-state index contributed by atoms with van der Waals surface area (Å²) >= 11 is 0. The van der Waals surface area contributed by atoms with Gasteiger partial charge in [0.05, 0.1) is 0 Å². The van der Waals surface area contributed by atoms with Crippen molar-refractivity contribution in [3.8, 4) is 0 Å². The molecule has 0 aliphatic carbocycles. The van der Waals surface area contributed by atoms with Gasteiger partial charge in [-0.1, -0.05) is 6.92 Å². The van der Waals surface area contributed by atoms with Crippen LogP contribution in [-0.2, 0) is 9.59 Å². The molecule has 4 nitrogen and oxygen atoms in total. The van der Waals surface area contributed by atoms with Crippen LogP contribution in [0.25, 0.3) is 0 Å². The maximum absolute atomic E-state index is 11.2. The molecule has 0 saturated carbocycles. The SMILES string of the molecule is CC[C@@H]1CN(C)C(=O)C(=O)N1C. The first-order valence-electron chi connectivity index (χ1n) is 4.10. The molecule has 1 saturated heterocycles. The second kappa shape index (κ2) is 3.13. The summed E-state index contributed by atoms with van der Waals surface area (Å²) in [4.78, 5) is 25.4. The Morgan fingerprint density at radius 1 is 1.33 bits per heavy atom. The number of hydrogen-bond acceptors (Lipinski definition) is 2. The van der Waals surface area contributed by atoms with Crippen molar-refractivity contribution in [1.82, 2.24) is 9.80 Å². The van der Waals surface area contributed by atoms with E-state index in [0.717, 1.165) is 6.42 Å². The van der Waals surface area contributed by atoms with E-state index < -0.39 is 11.8 Å². The first-order valence-corrected chi connectivity index (χ1v) is 4.10. The molecule has 1 atom stereocenters. The van der Waals surface area contributed by atoms with Gasteiger partial charge in [0.2, 0.25) is 0 Å². The summed E-state index contributed by atoms with van der Waals surface area (Å²) in [6, 6.07) is 0.181. The average molecular weight is 170 g/mol. The minimum Gasteiger partial charge on any atom is -0.335 e. The minimum absolute atomic E-state index is 0.181. The molecular formula is C8H14N2O2. The number of amides is 2. The lowest BCUT2D eigenvalue weighted by Crippen LogP contribution is -2.56. The minimum atomic E-state index is -0.401. The van der Waals surface area contributed by atoms with Crippen molar-refractivity contribution in [2.24, 2.45) is 0 Å². The van der Waals surface area contributed by atoms with Crippen LogP contribution in [-0.4, -0.2) is 48.3 Å². The maximum atomic E-state index is 11.2. The first kappa shape index (κ1) is 9.03. The third-order valence-electron chi connectivity index (χ3n) is 2.35. The standard InChI is InChI=1S/C8H14N2O2/c1-4-6-5-9(2)7(11)8(12)10(6)3/h6H,4-5H2,1-3H3/t6-/m1/s1. The van der Waals surface area contributed by atoms with Gasteiger partial charge >= 0.3 is 11.8 Å². The molecule has 68 valence electrons. The molecule has 12 heavy (non-hydrogen) atoms. The molecule has 0 N–H and O–H groups in total. The van der Waals surface area contributed by atoms with E-state index >= 15 is 0 Å². The lowest BCUT2D eigenvalue weighted by Gasteiger charge is -2.36. The van der Waals surface area contributed by atoms with Crippen LogP contribution < -0.4 is 0 Å². The molecule has 1 aliphatic heterocycles. The Morgan fingerprint density at radius 3 is 2.42 bits per heavy atom. The summed E-state index contributed by atoms with van der Waals surface area (Å²) in [6.45, 7) is 2.66. The maximum Gasteiger partial charge on any atom is 0.312 e. The largest absolute Gasteiger partial charge is 0.335 e. The van der Waals surface area contributed by atoms with Crippen molar-refractivity contribution in [3.63, 3.8) is 0 Å². The van der Waals surface area contributed by atoms with Gasteiger partial charge in [-0.3, -0.25) is 9.59 Å². The average Bonchev–Trinajstić information content (AvgIpc) is 2.08. The number of rotatable bonds is 1. The van der Waals surface area contributed by atoms with Gasteiger partial charge in [-0.25, -0.2) is 0 Å². The second-order valence-electron chi connectivity index (χ2n) is 3.16. The Labute approximate surface area is 72.1 Å². The summed E-state index contributed by atoms with van der Waals surface area (Å²) < 4.78 is 0. The third kappa shape index (κ3) is 1.29. The van der Waals surface area contributed by atoms with Crippen LogP contribution in [0.15, 0.2) is 0 Å². The number of piperazine rings is 1. The highest BCUT2D eigenvalue weighted by molar-refractivity contribution is 6.35. The van der Waals surface area contributed by atoms with Crippen LogP contribution in [0.5, 0.6) is 0 Å². The van der Waals surface area contributed by atoms with E-state index in [2.05, 4.69) is 0 Å². The Hall–Kier alpha value is -1.06. The van der Waals surface area contributed by atoms with E-state index in [-0.39, 0.29) is 6.04 Å². The van der Waals surface area contributed by atoms with E-state index in [9.17, 15) is 9.59 Å². The van der Waals surface area contributed by atoms with Crippen LogP contribution in [0.2, 0.25) is 0 Å². The third-order valence-corrected chi connectivity index (χ3v) is 2.35. The van der Waals surface area contributed by atoms with Gasteiger partial charge in [-0.05, 0) is 6.42 Å². The Balaban J connectivity index is 2.77. The summed E-state index contributed by atoms with van der Waals surface area (Å²) in [5, 5.41) is 0. The van der Waals surface area contributed by atoms with Crippen LogP contribution in [0.4, 0.5) is 0 Å². The number of likely N-dealkylation sites (N-methyl/N-ethyl adjacent to an activating group) is 2. The Bertz CT molecular complexity index is 215. The zero-order valence-corrected chi connectivity index (χ0v) is 7.70. The van der Waals surface area contributed by atoms with Crippen LogP contribution in [0.3, 0.4) is 0 Å². The Morgan fingerprint density at radius 2 is 1.92 bits per heavy atom. The van der Waals surface area contributed by atoms with Crippen molar-refractivity contribution in [3.05, 3.63) is 0 Å². The summed E-state index contributed by atoms with van der Waals surface area (Å²) in [7, 11) is 3.34. The van der Waals surface area contributed by atoms with E-state index in [1.54, 1.807) is 14.1 Å². The fraction of sp³-hybridized carbons (Fsp3) is 0.750. The topological polar surface area (TPSA) is 40.6 Å². The van der Waals surface area contributed by atoms with Gasteiger partial charge in [-0.2, -0.15) is 0 Å². The highest BCUT2D eigenvalue weighted by Crippen LogP contribution is 2.10. The molecule has 0 bridgehead atoms. The van der Waals surface area contributed by atoms with Crippen molar-refractivity contribution >= 4 is 11.8 Å². The molecule has 4 heteroatoms. The van der Waals surface area contributed by atoms with Gasteiger partial charge in [0.1, 0.15) is 0 Å². The summed E-state index contributed by atoms with van der Waals surface area (Å²) in [6.07, 6.45) is 0.889. The predicted molar refractivity (Wildman–Crippen MR) is 44.5 cm³/mol. The molecule has 1 rings (SSSR count). The van der Waals surface area contributed by atoms with Crippen molar-refractivity contribution in [2.75, 3.05) is 20.6 Å². The monoisotopic (exact) mass is 170 g/mol. The Kier molecular flexibility index (Phi) is 2.35. The number of hydrogen-bond donors (Lipinski definition) is 0. The van der Waals surface area contributed by atoms with E-state index in [0.29, 0.717) is 6.54 Å². The predicted octanol–water partition coefficient (Wildman–Crippen LogP) is -0.305. The van der Waals surface area contributed by atoms with Crippen molar-refractivity contribution < 1.29 is 9.59 Å². The molecule has 2 amide bonds.